The van der Waals surface area contributed by atoms with Gasteiger partial charge < -0.3 is 9.67 Å². The van der Waals surface area contributed by atoms with Crippen LogP contribution in [0.25, 0.3) is 0 Å². The molecule has 0 aromatic heterocycles. The first-order valence-electron chi connectivity index (χ1n) is 8.73. The molecule has 24 heavy (non-hydrogen) atoms. The van der Waals surface area contributed by atoms with Crippen molar-refractivity contribution in [1.29, 1.82) is 0 Å². The lowest BCUT2D eigenvalue weighted by atomic mass is 10.0. The van der Waals surface area contributed by atoms with Crippen LogP contribution in [0, 0.1) is 0 Å². The average Bonchev–Trinajstić information content (AvgIpc) is 2.97. The largest absolute Gasteiger partial charge is 0.396 e. The molecule has 2 aromatic rings. The van der Waals surface area contributed by atoms with Crippen LogP contribution < -0.4 is 0 Å². The van der Waals surface area contributed by atoms with Crippen molar-refractivity contribution >= 4 is 7.14 Å². The summed E-state index contributed by atoms with van der Waals surface area (Å²) in [5.41, 5.74) is 2.58. The standard InChI is InChI=1S/C21H25O2P/c22-16-8-3-9-17-24(23)20(18-10-4-1-5-11-18)14-15-21(24)19-12-6-2-7-13-19/h1-2,4-7,9-13,17,20-22H,3,8,14-16H2/b17-9+/t20-,21-/m1/s1. The Hall–Kier alpha value is -1.63. The lowest BCUT2D eigenvalue weighted by Crippen LogP contribution is -1.97. The Morgan fingerprint density at radius 1 is 0.917 bits per heavy atom. The van der Waals surface area contributed by atoms with Gasteiger partial charge in [-0.25, -0.2) is 0 Å². The van der Waals surface area contributed by atoms with E-state index in [1.165, 1.54) is 11.1 Å². The number of hydrogen-bond acceptors (Lipinski definition) is 2. The monoisotopic (exact) mass is 340 g/mol. The minimum absolute atomic E-state index is 0.106. The van der Waals surface area contributed by atoms with Crippen LogP contribution in [-0.2, 0) is 4.57 Å². The Morgan fingerprint density at radius 2 is 1.42 bits per heavy atom. The van der Waals surface area contributed by atoms with Crippen molar-refractivity contribution in [1.82, 2.24) is 0 Å². The molecule has 0 aliphatic carbocycles. The average molecular weight is 340 g/mol. The number of benzene rings is 2. The summed E-state index contributed by atoms with van der Waals surface area (Å²) in [7, 11) is -2.54. The van der Waals surface area contributed by atoms with E-state index in [9.17, 15) is 4.57 Å². The molecule has 3 rings (SSSR count). The van der Waals surface area contributed by atoms with E-state index in [1.54, 1.807) is 0 Å². The van der Waals surface area contributed by atoms with Gasteiger partial charge in [-0.3, -0.25) is 0 Å². The molecule has 0 unspecified atom stereocenters. The SMILES string of the molecule is O=P1(/C=C/CCCO)[C@@H](c2ccccc2)CC[C@@H]1c1ccccc1. The molecule has 2 atom stereocenters. The quantitative estimate of drug-likeness (QED) is 0.524. The lowest BCUT2D eigenvalue weighted by molar-refractivity contribution is 0.289. The molecule has 2 aromatic carbocycles. The van der Waals surface area contributed by atoms with Crippen LogP contribution in [0.1, 0.15) is 48.1 Å². The molecule has 1 N–H and O–H groups in total. The molecule has 2 nitrogen and oxygen atoms in total. The van der Waals surface area contributed by atoms with Crippen molar-refractivity contribution in [2.45, 2.75) is 37.0 Å². The van der Waals surface area contributed by atoms with Gasteiger partial charge in [-0.1, -0.05) is 66.7 Å². The molecule has 0 bridgehead atoms. The highest BCUT2D eigenvalue weighted by molar-refractivity contribution is 7.68. The number of aliphatic hydroxyl groups excluding tert-OH is 1. The van der Waals surface area contributed by atoms with Gasteiger partial charge in [0.05, 0.1) is 0 Å². The van der Waals surface area contributed by atoms with E-state index in [0.29, 0.717) is 0 Å². The fourth-order valence-corrected chi connectivity index (χ4v) is 7.45. The zero-order chi connectivity index (χ0) is 16.8. The van der Waals surface area contributed by atoms with Crippen molar-refractivity contribution in [3.05, 3.63) is 83.7 Å². The molecule has 1 fully saturated rings. The third-order valence-corrected chi connectivity index (χ3v) is 8.66. The van der Waals surface area contributed by atoms with Crippen LogP contribution >= 0.6 is 7.14 Å². The summed E-state index contributed by atoms with van der Waals surface area (Å²) in [6.45, 7) is 0.179. The molecular formula is C21H25O2P. The van der Waals surface area contributed by atoms with Crippen LogP contribution in [0.4, 0.5) is 0 Å². The molecule has 1 aliphatic rings. The maximum Gasteiger partial charge on any atom is 0.122 e. The van der Waals surface area contributed by atoms with E-state index in [-0.39, 0.29) is 17.9 Å². The lowest BCUT2D eigenvalue weighted by Gasteiger charge is -2.24. The number of unbranched alkanes of at least 4 members (excludes halogenated alkanes) is 1. The van der Waals surface area contributed by atoms with E-state index >= 15 is 0 Å². The minimum Gasteiger partial charge on any atom is -0.396 e. The van der Waals surface area contributed by atoms with Crippen molar-refractivity contribution in [2.24, 2.45) is 0 Å². The summed E-state index contributed by atoms with van der Waals surface area (Å²) < 4.78 is 14.1. The fourth-order valence-electron chi connectivity index (χ4n) is 3.74. The van der Waals surface area contributed by atoms with Gasteiger partial charge in [0.1, 0.15) is 7.14 Å². The second-order valence-electron chi connectivity index (χ2n) is 6.44. The smallest absolute Gasteiger partial charge is 0.122 e. The van der Waals surface area contributed by atoms with Gasteiger partial charge in [-0.2, -0.15) is 0 Å². The van der Waals surface area contributed by atoms with E-state index < -0.39 is 7.14 Å². The Morgan fingerprint density at radius 3 is 1.88 bits per heavy atom. The van der Waals surface area contributed by atoms with Crippen LogP contribution in [0.2, 0.25) is 0 Å². The first kappa shape index (κ1) is 17.2. The van der Waals surface area contributed by atoms with Gasteiger partial charge in [0.25, 0.3) is 0 Å². The predicted molar refractivity (Wildman–Crippen MR) is 101 cm³/mol. The predicted octanol–water partition coefficient (Wildman–Crippen LogP) is 5.91. The molecular weight excluding hydrogens is 315 g/mol. The Labute approximate surface area is 144 Å². The topological polar surface area (TPSA) is 37.3 Å². The Bertz CT molecular complexity index is 658. The maximum absolute atomic E-state index is 14.1. The van der Waals surface area contributed by atoms with E-state index in [4.69, 9.17) is 5.11 Å². The number of allylic oxidation sites excluding steroid dienone is 1. The third-order valence-electron chi connectivity index (χ3n) is 4.92. The normalized spacial score (nSPS) is 22.9. The van der Waals surface area contributed by atoms with Crippen molar-refractivity contribution in [3.63, 3.8) is 0 Å². The molecule has 1 aliphatic heterocycles. The highest BCUT2D eigenvalue weighted by Crippen LogP contribution is 2.77. The van der Waals surface area contributed by atoms with Gasteiger partial charge in [0, 0.05) is 17.9 Å². The second-order valence-corrected chi connectivity index (χ2v) is 9.52. The molecule has 0 saturated carbocycles. The summed E-state index contributed by atoms with van der Waals surface area (Å²) in [4.78, 5) is 0. The van der Waals surface area contributed by atoms with Gasteiger partial charge in [0.2, 0.25) is 0 Å². The summed E-state index contributed by atoms with van der Waals surface area (Å²) in [5, 5.41) is 8.98. The highest BCUT2D eigenvalue weighted by atomic mass is 31.2. The Kier molecular flexibility index (Phi) is 5.71. The van der Waals surface area contributed by atoms with Crippen LogP contribution in [-0.4, -0.2) is 11.7 Å². The van der Waals surface area contributed by atoms with Crippen molar-refractivity contribution in [3.8, 4) is 0 Å². The Balaban J connectivity index is 1.95. The van der Waals surface area contributed by atoms with Crippen molar-refractivity contribution in [2.75, 3.05) is 6.61 Å². The zero-order valence-corrected chi connectivity index (χ0v) is 14.8. The zero-order valence-electron chi connectivity index (χ0n) is 13.9. The first-order chi connectivity index (χ1) is 11.8. The van der Waals surface area contributed by atoms with Gasteiger partial charge in [-0.15, -0.1) is 0 Å². The summed E-state index contributed by atoms with van der Waals surface area (Å²) in [5.74, 6) is 1.99. The van der Waals surface area contributed by atoms with Crippen LogP contribution in [0.5, 0.6) is 0 Å². The molecule has 0 spiro atoms. The number of rotatable bonds is 6. The number of hydrogen-bond donors (Lipinski definition) is 1. The second kappa shape index (κ2) is 7.96. The van der Waals surface area contributed by atoms with Crippen molar-refractivity contribution < 1.29 is 9.67 Å². The minimum atomic E-state index is -2.54. The van der Waals surface area contributed by atoms with Gasteiger partial charge in [0.15, 0.2) is 0 Å². The third kappa shape index (κ3) is 3.55. The van der Waals surface area contributed by atoms with Gasteiger partial charge >= 0.3 is 0 Å². The van der Waals surface area contributed by atoms with Crippen LogP contribution in [0.3, 0.4) is 0 Å². The molecule has 3 heteroatoms. The summed E-state index contributed by atoms with van der Waals surface area (Å²) in [6.07, 6.45) is 5.45. The highest BCUT2D eigenvalue weighted by Gasteiger charge is 2.45. The van der Waals surface area contributed by atoms with Gasteiger partial charge in [-0.05, 0) is 42.6 Å². The first-order valence-corrected chi connectivity index (χ1v) is 10.6. The molecule has 1 saturated heterocycles. The van der Waals surface area contributed by atoms with E-state index in [1.807, 2.05) is 48.3 Å². The van der Waals surface area contributed by atoms with E-state index in [0.717, 1.165) is 25.7 Å². The van der Waals surface area contributed by atoms with Crippen LogP contribution in [0.15, 0.2) is 72.6 Å². The molecule has 1 heterocycles. The maximum atomic E-state index is 14.1. The van der Waals surface area contributed by atoms with E-state index in [2.05, 4.69) is 24.3 Å². The summed E-state index contributed by atoms with van der Waals surface area (Å²) in [6, 6.07) is 20.6. The number of aliphatic hydroxyl groups is 1. The molecule has 0 amide bonds. The summed E-state index contributed by atoms with van der Waals surface area (Å²) >= 11 is 0. The fraction of sp³-hybridized carbons (Fsp3) is 0.333. The molecule has 126 valence electrons. The molecule has 0 radical (unpaired) electrons.